The molecule has 62 valence electrons. The minimum atomic E-state index is 0.499. The highest BCUT2D eigenvalue weighted by Crippen LogP contribution is 2.23. The van der Waals surface area contributed by atoms with Crippen molar-refractivity contribution in [3.8, 4) is 0 Å². The second-order valence-electron chi connectivity index (χ2n) is 2.54. The Morgan fingerprint density at radius 2 is 2.25 bits per heavy atom. The molecule has 0 fully saturated rings. The molecule has 0 amide bonds. The van der Waals surface area contributed by atoms with Crippen LogP contribution in [0.15, 0.2) is 18.2 Å². The molecule has 0 aliphatic heterocycles. The predicted octanol–water partition coefficient (Wildman–Crippen LogP) is 1.34. The molecule has 4 heteroatoms. The Labute approximate surface area is 74.0 Å². The third-order valence-electron chi connectivity index (χ3n) is 1.63. The van der Waals surface area contributed by atoms with Crippen molar-refractivity contribution in [2.45, 2.75) is 6.54 Å². The third kappa shape index (κ3) is 1.15. The zero-order valence-corrected chi connectivity index (χ0v) is 7.27. The maximum atomic E-state index is 5.62. The minimum Gasteiger partial charge on any atom is -0.399 e. The van der Waals surface area contributed by atoms with E-state index in [4.69, 9.17) is 11.5 Å². The van der Waals surface area contributed by atoms with E-state index < -0.39 is 0 Å². The molecule has 0 unspecified atom stereocenters. The van der Waals surface area contributed by atoms with Gasteiger partial charge in [-0.05, 0) is 18.2 Å². The minimum absolute atomic E-state index is 0.499. The van der Waals surface area contributed by atoms with Gasteiger partial charge < -0.3 is 11.5 Å². The van der Waals surface area contributed by atoms with Crippen molar-refractivity contribution >= 4 is 27.2 Å². The summed E-state index contributed by atoms with van der Waals surface area (Å²) in [6, 6.07) is 5.69. The lowest BCUT2D eigenvalue weighted by atomic mass is 10.3. The Kier molecular flexibility index (Phi) is 1.71. The first-order valence-corrected chi connectivity index (χ1v) is 4.46. The average molecular weight is 179 g/mol. The highest BCUT2D eigenvalue weighted by molar-refractivity contribution is 7.18. The molecule has 1 aromatic carbocycles. The monoisotopic (exact) mass is 179 g/mol. The topological polar surface area (TPSA) is 64.9 Å². The molecule has 0 bridgehead atoms. The van der Waals surface area contributed by atoms with Gasteiger partial charge >= 0.3 is 0 Å². The fourth-order valence-electron chi connectivity index (χ4n) is 1.08. The van der Waals surface area contributed by atoms with Crippen LogP contribution in [0.25, 0.3) is 10.2 Å². The van der Waals surface area contributed by atoms with Crippen molar-refractivity contribution in [1.82, 2.24) is 4.98 Å². The van der Waals surface area contributed by atoms with Crippen molar-refractivity contribution in [3.63, 3.8) is 0 Å². The second kappa shape index (κ2) is 2.73. The van der Waals surface area contributed by atoms with Crippen LogP contribution in [0.1, 0.15) is 5.01 Å². The summed E-state index contributed by atoms with van der Waals surface area (Å²) in [5.74, 6) is 0. The first-order chi connectivity index (χ1) is 5.79. The molecule has 1 heterocycles. The Morgan fingerprint density at radius 3 is 3.00 bits per heavy atom. The van der Waals surface area contributed by atoms with Gasteiger partial charge in [0.05, 0.1) is 10.2 Å². The largest absolute Gasteiger partial charge is 0.399 e. The number of nitrogens with zero attached hydrogens (tertiary/aromatic N) is 1. The lowest BCUT2D eigenvalue weighted by Gasteiger charge is -1.89. The molecule has 0 radical (unpaired) electrons. The summed E-state index contributed by atoms with van der Waals surface area (Å²) >= 11 is 1.60. The highest BCUT2D eigenvalue weighted by Gasteiger charge is 2.01. The van der Waals surface area contributed by atoms with Crippen LogP contribution in [-0.2, 0) is 6.54 Å². The van der Waals surface area contributed by atoms with Gasteiger partial charge in [0.1, 0.15) is 5.01 Å². The van der Waals surface area contributed by atoms with Gasteiger partial charge in [-0.1, -0.05) is 0 Å². The van der Waals surface area contributed by atoms with Crippen LogP contribution in [0.4, 0.5) is 5.69 Å². The lowest BCUT2D eigenvalue weighted by Crippen LogP contribution is -1.93. The lowest BCUT2D eigenvalue weighted by molar-refractivity contribution is 1.05. The van der Waals surface area contributed by atoms with Crippen LogP contribution in [-0.4, -0.2) is 4.98 Å². The molecule has 3 nitrogen and oxygen atoms in total. The van der Waals surface area contributed by atoms with Crippen molar-refractivity contribution in [2.24, 2.45) is 5.73 Å². The summed E-state index contributed by atoms with van der Waals surface area (Å²) in [7, 11) is 0. The van der Waals surface area contributed by atoms with Crippen LogP contribution in [0.5, 0.6) is 0 Å². The number of hydrogen-bond acceptors (Lipinski definition) is 4. The second-order valence-corrected chi connectivity index (χ2v) is 3.65. The molecule has 12 heavy (non-hydrogen) atoms. The number of benzene rings is 1. The first kappa shape index (κ1) is 7.52. The number of nitrogen functional groups attached to an aromatic ring is 1. The van der Waals surface area contributed by atoms with Gasteiger partial charge in [0.2, 0.25) is 0 Å². The third-order valence-corrected chi connectivity index (χ3v) is 2.67. The summed E-state index contributed by atoms with van der Waals surface area (Å²) in [6.45, 7) is 0.499. The zero-order valence-electron chi connectivity index (χ0n) is 6.45. The molecule has 4 N–H and O–H groups in total. The molecular formula is C8H9N3S. The van der Waals surface area contributed by atoms with Gasteiger partial charge in [0.15, 0.2) is 0 Å². The fraction of sp³-hybridized carbons (Fsp3) is 0.125. The zero-order chi connectivity index (χ0) is 8.55. The summed E-state index contributed by atoms with van der Waals surface area (Å²) in [5, 5.41) is 0.954. The van der Waals surface area contributed by atoms with E-state index >= 15 is 0 Å². The van der Waals surface area contributed by atoms with Crippen LogP contribution >= 0.6 is 11.3 Å². The number of nitrogens with two attached hydrogens (primary N) is 2. The van der Waals surface area contributed by atoms with Crippen molar-refractivity contribution in [3.05, 3.63) is 23.2 Å². The molecule has 1 aromatic heterocycles. The Balaban J connectivity index is 2.67. The van der Waals surface area contributed by atoms with E-state index in [0.717, 1.165) is 20.9 Å². The van der Waals surface area contributed by atoms with Gasteiger partial charge in [-0.15, -0.1) is 11.3 Å². The van der Waals surface area contributed by atoms with E-state index in [1.807, 2.05) is 18.2 Å². The average Bonchev–Trinajstić information content (AvgIpc) is 2.46. The molecule has 2 aromatic rings. The van der Waals surface area contributed by atoms with Crippen LogP contribution in [0.3, 0.4) is 0 Å². The highest BCUT2D eigenvalue weighted by atomic mass is 32.1. The maximum Gasteiger partial charge on any atom is 0.107 e. The van der Waals surface area contributed by atoms with E-state index in [9.17, 15) is 0 Å². The molecule has 0 saturated heterocycles. The normalized spacial score (nSPS) is 10.8. The molecular weight excluding hydrogens is 170 g/mol. The van der Waals surface area contributed by atoms with E-state index in [1.54, 1.807) is 11.3 Å². The van der Waals surface area contributed by atoms with Gasteiger partial charge in [0, 0.05) is 12.2 Å². The Morgan fingerprint density at radius 1 is 1.42 bits per heavy atom. The molecule has 0 atom stereocenters. The van der Waals surface area contributed by atoms with Crippen LogP contribution in [0, 0.1) is 0 Å². The van der Waals surface area contributed by atoms with Crippen molar-refractivity contribution in [1.29, 1.82) is 0 Å². The molecule has 0 aliphatic carbocycles. The summed E-state index contributed by atoms with van der Waals surface area (Å²) in [5.41, 5.74) is 12.8. The van der Waals surface area contributed by atoms with E-state index in [0.29, 0.717) is 6.54 Å². The van der Waals surface area contributed by atoms with Gasteiger partial charge in [-0.25, -0.2) is 4.98 Å². The fourth-order valence-corrected chi connectivity index (χ4v) is 1.97. The summed E-state index contributed by atoms with van der Waals surface area (Å²) in [6.07, 6.45) is 0. The van der Waals surface area contributed by atoms with Crippen LogP contribution < -0.4 is 11.5 Å². The number of hydrogen-bond donors (Lipinski definition) is 2. The number of thiazole rings is 1. The standard InChI is InChI=1S/C8H9N3S/c9-4-8-11-6-2-1-5(10)3-7(6)12-8/h1-3H,4,9-10H2. The number of fused-ring (bicyclic) bond motifs is 1. The summed E-state index contributed by atoms with van der Waals surface area (Å²) < 4.78 is 1.11. The number of rotatable bonds is 1. The molecule has 2 rings (SSSR count). The van der Waals surface area contributed by atoms with E-state index in [1.165, 1.54) is 0 Å². The van der Waals surface area contributed by atoms with Gasteiger partial charge in [-0.3, -0.25) is 0 Å². The SMILES string of the molecule is NCc1nc2ccc(N)cc2s1. The maximum absolute atomic E-state index is 5.62. The smallest absolute Gasteiger partial charge is 0.107 e. The summed E-state index contributed by atoms with van der Waals surface area (Å²) in [4.78, 5) is 4.31. The van der Waals surface area contributed by atoms with E-state index in [2.05, 4.69) is 4.98 Å². The molecule has 0 aliphatic rings. The Bertz CT molecular complexity index is 408. The van der Waals surface area contributed by atoms with Gasteiger partial charge in [-0.2, -0.15) is 0 Å². The van der Waals surface area contributed by atoms with Crippen LogP contribution in [0.2, 0.25) is 0 Å². The quantitative estimate of drug-likeness (QED) is 0.649. The van der Waals surface area contributed by atoms with Crippen molar-refractivity contribution in [2.75, 3.05) is 5.73 Å². The predicted molar refractivity (Wildman–Crippen MR) is 51.9 cm³/mol. The van der Waals surface area contributed by atoms with Gasteiger partial charge in [0.25, 0.3) is 0 Å². The number of anilines is 1. The Hall–Kier alpha value is -1.13. The molecule has 0 saturated carbocycles. The molecule has 0 spiro atoms. The first-order valence-electron chi connectivity index (χ1n) is 3.64. The number of aromatic nitrogens is 1. The van der Waals surface area contributed by atoms with E-state index in [-0.39, 0.29) is 0 Å². The van der Waals surface area contributed by atoms with Crippen molar-refractivity contribution < 1.29 is 0 Å².